The number of rotatable bonds is 16. The third-order valence-corrected chi connectivity index (χ3v) is 7.75. The molecule has 0 saturated carbocycles. The predicted molar refractivity (Wildman–Crippen MR) is 145 cm³/mol. The summed E-state index contributed by atoms with van der Waals surface area (Å²) in [5.74, 6) is -0.591. The summed E-state index contributed by atoms with van der Waals surface area (Å²) in [6.07, 6.45) is 8.98. The number of nitrogens with one attached hydrogen (secondary N) is 3. The third kappa shape index (κ3) is 8.76. The first-order valence-electron chi connectivity index (χ1n) is 12.9. The number of aromatic amines is 1. The summed E-state index contributed by atoms with van der Waals surface area (Å²) < 4.78 is 28.4. The zero-order chi connectivity index (χ0) is 25.8. The van der Waals surface area contributed by atoms with E-state index in [-0.39, 0.29) is 12.4 Å². The van der Waals surface area contributed by atoms with Crippen molar-refractivity contribution >= 4 is 26.8 Å². The number of carbonyl (C=O) groups is 1. The number of fused-ring (bicyclic) bond motifs is 1. The zero-order valence-corrected chi connectivity index (χ0v) is 21.9. The molecule has 0 aliphatic carbocycles. The molecule has 2 atom stereocenters. The van der Waals surface area contributed by atoms with Gasteiger partial charge in [0, 0.05) is 17.1 Å². The second-order valence-corrected chi connectivity index (χ2v) is 11.2. The molecular weight excluding hydrogens is 474 g/mol. The summed E-state index contributed by atoms with van der Waals surface area (Å²) in [4.78, 5) is 16.5. The standard InChI is InChI=1S/C28H39N3O4S/c1-2-3-4-5-6-10-17-27(31-36(34,35)21-22-13-8-7-9-14-22)28(33)30-24(20-32)18-23-19-29-26-16-12-11-15-25(23)26/h7-9,11-16,19,24,27,29,31-32H,2-6,10,17-18,20-21H2,1H3,(H,30,33). The van der Waals surface area contributed by atoms with Gasteiger partial charge in [0.1, 0.15) is 6.04 Å². The molecule has 0 bridgehead atoms. The molecule has 0 spiro atoms. The molecule has 2 aromatic carbocycles. The lowest BCUT2D eigenvalue weighted by molar-refractivity contribution is -0.123. The van der Waals surface area contributed by atoms with E-state index in [9.17, 15) is 18.3 Å². The maximum Gasteiger partial charge on any atom is 0.238 e. The van der Waals surface area contributed by atoms with Crippen LogP contribution in [0, 0.1) is 0 Å². The molecule has 1 amide bonds. The number of aliphatic hydroxyl groups excluding tert-OH is 1. The van der Waals surface area contributed by atoms with E-state index >= 15 is 0 Å². The Morgan fingerprint density at radius 1 is 0.972 bits per heavy atom. The van der Waals surface area contributed by atoms with Crippen LogP contribution in [0.3, 0.4) is 0 Å². The highest BCUT2D eigenvalue weighted by Gasteiger charge is 2.26. The van der Waals surface area contributed by atoms with Crippen molar-refractivity contribution in [3.05, 3.63) is 71.9 Å². The summed E-state index contributed by atoms with van der Waals surface area (Å²) in [6.45, 7) is 1.92. The molecule has 3 aromatic rings. The van der Waals surface area contributed by atoms with Crippen LogP contribution in [0.15, 0.2) is 60.8 Å². The summed E-state index contributed by atoms with van der Waals surface area (Å²) in [5, 5.41) is 13.9. The number of aromatic nitrogens is 1. The van der Waals surface area contributed by atoms with Crippen LogP contribution in [-0.4, -0.2) is 43.1 Å². The van der Waals surface area contributed by atoms with Gasteiger partial charge in [-0.25, -0.2) is 13.1 Å². The number of hydrogen-bond donors (Lipinski definition) is 4. The molecule has 1 aromatic heterocycles. The first-order chi connectivity index (χ1) is 17.4. The molecule has 0 aliphatic heterocycles. The summed E-state index contributed by atoms with van der Waals surface area (Å²) in [7, 11) is -3.73. The summed E-state index contributed by atoms with van der Waals surface area (Å²) in [6, 6.07) is 15.4. The maximum absolute atomic E-state index is 13.2. The average Bonchev–Trinajstić information content (AvgIpc) is 3.28. The number of aliphatic hydroxyl groups is 1. The van der Waals surface area contributed by atoms with Crippen molar-refractivity contribution in [3.63, 3.8) is 0 Å². The van der Waals surface area contributed by atoms with E-state index in [2.05, 4.69) is 21.9 Å². The molecular formula is C28H39N3O4S. The molecule has 3 rings (SSSR count). The second-order valence-electron chi connectivity index (χ2n) is 9.42. The van der Waals surface area contributed by atoms with Crippen molar-refractivity contribution in [2.75, 3.05) is 6.61 Å². The minimum absolute atomic E-state index is 0.188. The van der Waals surface area contributed by atoms with E-state index in [4.69, 9.17) is 0 Å². The van der Waals surface area contributed by atoms with Gasteiger partial charge in [0.2, 0.25) is 15.9 Å². The van der Waals surface area contributed by atoms with Crippen LogP contribution < -0.4 is 10.0 Å². The first-order valence-corrected chi connectivity index (χ1v) is 14.6. The van der Waals surface area contributed by atoms with Gasteiger partial charge in [-0.1, -0.05) is 94.0 Å². The molecule has 0 fully saturated rings. The van der Waals surface area contributed by atoms with Gasteiger partial charge in [-0.05, 0) is 30.0 Å². The van der Waals surface area contributed by atoms with Gasteiger partial charge in [0.25, 0.3) is 0 Å². The fourth-order valence-corrected chi connectivity index (χ4v) is 5.83. The smallest absolute Gasteiger partial charge is 0.238 e. The highest BCUT2D eigenvalue weighted by Crippen LogP contribution is 2.19. The van der Waals surface area contributed by atoms with Gasteiger partial charge in [0.05, 0.1) is 18.4 Å². The number of unbranched alkanes of at least 4 members (excludes halogenated alkanes) is 5. The van der Waals surface area contributed by atoms with E-state index in [0.717, 1.165) is 48.6 Å². The van der Waals surface area contributed by atoms with Crippen LogP contribution in [0.25, 0.3) is 10.9 Å². The predicted octanol–water partition coefficient (Wildman–Crippen LogP) is 4.43. The number of sulfonamides is 1. The van der Waals surface area contributed by atoms with Crippen molar-refractivity contribution in [1.82, 2.24) is 15.0 Å². The van der Waals surface area contributed by atoms with E-state index in [0.29, 0.717) is 18.4 Å². The Bertz CT molecular complexity index is 1180. The van der Waals surface area contributed by atoms with Gasteiger partial charge < -0.3 is 15.4 Å². The van der Waals surface area contributed by atoms with E-state index < -0.39 is 28.0 Å². The van der Waals surface area contributed by atoms with Gasteiger partial charge in [-0.2, -0.15) is 0 Å². The van der Waals surface area contributed by atoms with Crippen molar-refractivity contribution < 1.29 is 18.3 Å². The molecule has 8 heteroatoms. The van der Waals surface area contributed by atoms with Crippen LogP contribution in [-0.2, 0) is 27.0 Å². The largest absolute Gasteiger partial charge is 0.394 e. The Kier molecular flexibility index (Phi) is 11.0. The highest BCUT2D eigenvalue weighted by molar-refractivity contribution is 7.88. The number of para-hydroxylation sites is 1. The summed E-state index contributed by atoms with van der Waals surface area (Å²) >= 11 is 0. The quantitative estimate of drug-likeness (QED) is 0.212. The fourth-order valence-electron chi connectivity index (χ4n) is 4.45. The van der Waals surface area contributed by atoms with E-state index in [1.807, 2.05) is 36.5 Å². The molecule has 2 unspecified atom stereocenters. The summed E-state index contributed by atoms with van der Waals surface area (Å²) in [5.41, 5.74) is 2.64. The highest BCUT2D eigenvalue weighted by atomic mass is 32.2. The molecule has 0 aliphatic rings. The third-order valence-electron chi connectivity index (χ3n) is 6.39. The van der Waals surface area contributed by atoms with Crippen LogP contribution in [0.4, 0.5) is 0 Å². The Morgan fingerprint density at radius 2 is 1.67 bits per heavy atom. The Balaban J connectivity index is 1.66. The number of amides is 1. The van der Waals surface area contributed by atoms with E-state index in [1.54, 1.807) is 24.3 Å². The Hall–Kier alpha value is -2.68. The Labute approximate surface area is 214 Å². The first kappa shape index (κ1) is 27.9. The van der Waals surface area contributed by atoms with Crippen LogP contribution in [0.1, 0.15) is 63.0 Å². The number of H-pyrrole nitrogens is 1. The van der Waals surface area contributed by atoms with Crippen molar-refractivity contribution in [3.8, 4) is 0 Å². The van der Waals surface area contributed by atoms with Crippen molar-refractivity contribution in [2.45, 2.75) is 76.1 Å². The Morgan fingerprint density at radius 3 is 2.42 bits per heavy atom. The van der Waals surface area contributed by atoms with Crippen LogP contribution in [0.5, 0.6) is 0 Å². The minimum atomic E-state index is -3.73. The van der Waals surface area contributed by atoms with Crippen LogP contribution >= 0.6 is 0 Å². The molecule has 196 valence electrons. The normalized spacial score (nSPS) is 13.5. The minimum Gasteiger partial charge on any atom is -0.394 e. The van der Waals surface area contributed by atoms with Gasteiger partial charge in [0.15, 0.2) is 0 Å². The second kappa shape index (κ2) is 14.2. The van der Waals surface area contributed by atoms with Gasteiger partial charge in [-0.15, -0.1) is 0 Å². The molecule has 36 heavy (non-hydrogen) atoms. The van der Waals surface area contributed by atoms with Crippen LogP contribution in [0.2, 0.25) is 0 Å². The maximum atomic E-state index is 13.2. The number of carbonyl (C=O) groups excluding carboxylic acids is 1. The SMILES string of the molecule is CCCCCCCCC(NS(=O)(=O)Cc1ccccc1)C(=O)NC(CO)Cc1c[nH]c2ccccc12. The van der Waals surface area contributed by atoms with Crippen molar-refractivity contribution in [2.24, 2.45) is 0 Å². The molecule has 1 heterocycles. The lowest BCUT2D eigenvalue weighted by Gasteiger charge is -2.22. The molecule has 7 nitrogen and oxygen atoms in total. The van der Waals surface area contributed by atoms with Gasteiger partial charge >= 0.3 is 0 Å². The van der Waals surface area contributed by atoms with E-state index in [1.165, 1.54) is 6.42 Å². The molecule has 0 saturated heterocycles. The topological polar surface area (TPSA) is 111 Å². The van der Waals surface area contributed by atoms with Gasteiger partial charge in [-0.3, -0.25) is 4.79 Å². The monoisotopic (exact) mass is 513 g/mol. The molecule has 4 N–H and O–H groups in total. The number of benzene rings is 2. The zero-order valence-electron chi connectivity index (χ0n) is 21.1. The number of hydrogen-bond acceptors (Lipinski definition) is 4. The molecule has 0 radical (unpaired) electrons. The van der Waals surface area contributed by atoms with Crippen molar-refractivity contribution in [1.29, 1.82) is 0 Å². The average molecular weight is 514 g/mol. The fraction of sp³-hybridized carbons (Fsp3) is 0.464. The lowest BCUT2D eigenvalue weighted by Crippen LogP contribution is -2.51. The lowest BCUT2D eigenvalue weighted by atomic mass is 10.0.